The van der Waals surface area contributed by atoms with Gasteiger partial charge in [0.25, 0.3) is 11.8 Å². The van der Waals surface area contributed by atoms with Gasteiger partial charge in [-0.3, -0.25) is 24.7 Å². The van der Waals surface area contributed by atoms with Crippen molar-refractivity contribution >= 4 is 23.8 Å². The van der Waals surface area contributed by atoms with Gasteiger partial charge in [0.2, 0.25) is 5.91 Å². The standard InChI is InChI=1S/C21H29N5O4/c1-16(27)25-12-6-11-24(13-14-25)15-18(28)23-26-19(29)21(2,22-20(26)30)10-9-17-7-4-3-5-8-17/h3-5,7-8H,6,9-15H2,1-2H3,(H,22,30)(H,23,28). The lowest BCUT2D eigenvalue weighted by molar-refractivity contribution is -0.139. The molecule has 5 amide bonds. The molecule has 9 nitrogen and oxygen atoms in total. The summed E-state index contributed by atoms with van der Waals surface area (Å²) in [6.07, 6.45) is 1.83. The number of hydrazine groups is 1. The van der Waals surface area contributed by atoms with E-state index in [9.17, 15) is 19.2 Å². The molecule has 162 valence electrons. The smallest absolute Gasteiger partial charge is 0.342 e. The number of amides is 5. The van der Waals surface area contributed by atoms with Crippen LogP contribution < -0.4 is 10.7 Å². The number of aryl methyl sites for hydroxylation is 1. The van der Waals surface area contributed by atoms with E-state index in [-0.39, 0.29) is 12.5 Å². The average Bonchev–Trinajstić information content (AvgIpc) is 2.87. The number of hydrogen-bond donors (Lipinski definition) is 2. The molecular weight excluding hydrogens is 386 g/mol. The number of urea groups is 1. The largest absolute Gasteiger partial charge is 0.344 e. The normalized spacial score (nSPS) is 22.6. The van der Waals surface area contributed by atoms with Crippen molar-refractivity contribution in [3.63, 3.8) is 0 Å². The Morgan fingerprint density at radius 2 is 1.83 bits per heavy atom. The summed E-state index contributed by atoms with van der Waals surface area (Å²) in [5, 5.41) is 3.49. The Bertz CT molecular complexity index is 815. The molecule has 2 fully saturated rings. The summed E-state index contributed by atoms with van der Waals surface area (Å²) >= 11 is 0. The predicted molar refractivity (Wildman–Crippen MR) is 110 cm³/mol. The predicted octanol–water partition coefficient (Wildman–Crippen LogP) is 0.515. The van der Waals surface area contributed by atoms with Gasteiger partial charge in [-0.1, -0.05) is 30.3 Å². The summed E-state index contributed by atoms with van der Waals surface area (Å²) in [6, 6.07) is 9.10. The molecule has 1 aromatic rings. The number of nitrogens with zero attached hydrogens (tertiary/aromatic N) is 3. The Kier molecular flexibility index (Phi) is 6.71. The summed E-state index contributed by atoms with van der Waals surface area (Å²) < 4.78 is 0. The van der Waals surface area contributed by atoms with Crippen LogP contribution in [0.2, 0.25) is 0 Å². The maximum absolute atomic E-state index is 12.8. The first-order chi connectivity index (χ1) is 14.3. The molecule has 2 saturated heterocycles. The van der Waals surface area contributed by atoms with Gasteiger partial charge in [0.1, 0.15) is 5.54 Å². The van der Waals surface area contributed by atoms with Crippen molar-refractivity contribution < 1.29 is 19.2 Å². The SMILES string of the molecule is CC(=O)N1CCCN(CC(=O)NN2C(=O)NC(C)(CCc3ccccc3)C2=O)CC1. The second-order valence-corrected chi connectivity index (χ2v) is 8.06. The van der Waals surface area contributed by atoms with Gasteiger partial charge < -0.3 is 10.2 Å². The average molecular weight is 415 g/mol. The third-order valence-electron chi connectivity index (χ3n) is 5.66. The highest BCUT2D eigenvalue weighted by atomic mass is 16.2. The molecule has 1 unspecified atom stereocenters. The molecule has 0 spiro atoms. The molecule has 3 rings (SSSR count). The van der Waals surface area contributed by atoms with Gasteiger partial charge in [-0.2, -0.15) is 5.01 Å². The van der Waals surface area contributed by atoms with Gasteiger partial charge in [-0.05, 0) is 31.7 Å². The van der Waals surface area contributed by atoms with Crippen LogP contribution in [-0.2, 0) is 20.8 Å². The lowest BCUT2D eigenvalue weighted by atomic mass is 9.93. The Balaban J connectivity index is 1.53. The van der Waals surface area contributed by atoms with Crippen LogP contribution in [-0.4, -0.2) is 76.8 Å². The van der Waals surface area contributed by atoms with Gasteiger partial charge in [-0.25, -0.2) is 4.79 Å². The summed E-state index contributed by atoms with van der Waals surface area (Å²) in [6.45, 7) is 5.74. The second-order valence-electron chi connectivity index (χ2n) is 8.06. The number of hydrogen-bond acceptors (Lipinski definition) is 5. The van der Waals surface area contributed by atoms with Crippen molar-refractivity contribution in [1.29, 1.82) is 0 Å². The number of benzene rings is 1. The minimum absolute atomic E-state index is 0.0235. The second kappa shape index (κ2) is 9.25. The first-order valence-electron chi connectivity index (χ1n) is 10.3. The van der Waals surface area contributed by atoms with Crippen LogP contribution in [0.4, 0.5) is 4.79 Å². The van der Waals surface area contributed by atoms with Crippen molar-refractivity contribution in [2.45, 2.75) is 38.6 Å². The highest BCUT2D eigenvalue weighted by Gasteiger charge is 2.48. The van der Waals surface area contributed by atoms with E-state index < -0.39 is 23.4 Å². The van der Waals surface area contributed by atoms with Gasteiger partial charge >= 0.3 is 6.03 Å². The van der Waals surface area contributed by atoms with E-state index in [2.05, 4.69) is 10.7 Å². The fraction of sp³-hybridized carbons (Fsp3) is 0.524. The van der Waals surface area contributed by atoms with Crippen molar-refractivity contribution in [3.8, 4) is 0 Å². The van der Waals surface area contributed by atoms with Gasteiger partial charge in [0.15, 0.2) is 0 Å². The highest BCUT2D eigenvalue weighted by molar-refractivity contribution is 6.07. The van der Waals surface area contributed by atoms with E-state index in [0.29, 0.717) is 39.0 Å². The first-order valence-corrected chi connectivity index (χ1v) is 10.3. The number of carbonyl (C=O) groups is 4. The topological polar surface area (TPSA) is 102 Å². The highest BCUT2D eigenvalue weighted by Crippen LogP contribution is 2.22. The fourth-order valence-corrected chi connectivity index (χ4v) is 3.80. The lowest BCUT2D eigenvalue weighted by Gasteiger charge is -2.23. The molecule has 30 heavy (non-hydrogen) atoms. The van der Waals surface area contributed by atoms with Gasteiger partial charge in [-0.15, -0.1) is 0 Å². The van der Waals surface area contributed by atoms with Gasteiger partial charge in [0.05, 0.1) is 6.54 Å². The quantitative estimate of drug-likeness (QED) is 0.660. The molecular formula is C21H29N5O4. The molecule has 1 aromatic carbocycles. The Labute approximate surface area is 176 Å². The molecule has 0 radical (unpaired) electrons. The van der Waals surface area contributed by atoms with Crippen LogP contribution in [0.25, 0.3) is 0 Å². The Morgan fingerprint density at radius 1 is 1.10 bits per heavy atom. The minimum atomic E-state index is -1.06. The number of carbonyl (C=O) groups excluding carboxylic acids is 4. The monoisotopic (exact) mass is 415 g/mol. The van der Waals surface area contributed by atoms with Crippen LogP contribution >= 0.6 is 0 Å². The van der Waals surface area contributed by atoms with Crippen molar-refractivity contribution in [3.05, 3.63) is 35.9 Å². The minimum Gasteiger partial charge on any atom is -0.342 e. The number of imide groups is 1. The molecule has 0 saturated carbocycles. The molecule has 0 aromatic heterocycles. The summed E-state index contributed by atoms with van der Waals surface area (Å²) in [5.74, 6) is -0.868. The van der Waals surface area contributed by atoms with E-state index >= 15 is 0 Å². The van der Waals surface area contributed by atoms with Crippen molar-refractivity contribution in [2.24, 2.45) is 0 Å². The van der Waals surface area contributed by atoms with Crippen molar-refractivity contribution in [2.75, 3.05) is 32.7 Å². The third kappa shape index (κ3) is 5.15. The lowest BCUT2D eigenvalue weighted by Crippen LogP contribution is -2.51. The first kappa shape index (κ1) is 21.8. The molecule has 0 bridgehead atoms. The summed E-state index contributed by atoms with van der Waals surface area (Å²) in [4.78, 5) is 52.8. The number of rotatable bonds is 6. The third-order valence-corrected chi connectivity index (χ3v) is 5.66. The zero-order valence-electron chi connectivity index (χ0n) is 17.5. The molecule has 0 aliphatic carbocycles. The molecule has 2 aliphatic heterocycles. The van der Waals surface area contributed by atoms with Crippen LogP contribution in [0.1, 0.15) is 32.3 Å². The van der Waals surface area contributed by atoms with Crippen molar-refractivity contribution in [1.82, 2.24) is 25.6 Å². The molecule has 9 heteroatoms. The summed E-state index contributed by atoms with van der Waals surface area (Å²) in [7, 11) is 0. The maximum atomic E-state index is 12.8. The van der Waals surface area contributed by atoms with E-state index in [1.165, 1.54) is 6.92 Å². The van der Waals surface area contributed by atoms with Crippen LogP contribution in [0.5, 0.6) is 0 Å². The Hall–Kier alpha value is -2.94. The van der Waals surface area contributed by atoms with Crippen LogP contribution in [0.15, 0.2) is 30.3 Å². The van der Waals surface area contributed by atoms with E-state index in [1.807, 2.05) is 35.2 Å². The Morgan fingerprint density at radius 3 is 2.53 bits per heavy atom. The van der Waals surface area contributed by atoms with Gasteiger partial charge in [0, 0.05) is 33.1 Å². The zero-order valence-corrected chi connectivity index (χ0v) is 17.5. The number of nitrogens with one attached hydrogen (secondary N) is 2. The molecule has 2 N–H and O–H groups in total. The molecule has 2 heterocycles. The summed E-state index contributed by atoms with van der Waals surface area (Å²) in [5.41, 5.74) is 2.45. The fourth-order valence-electron chi connectivity index (χ4n) is 3.80. The van der Waals surface area contributed by atoms with Crippen LogP contribution in [0, 0.1) is 0 Å². The van der Waals surface area contributed by atoms with E-state index in [4.69, 9.17) is 0 Å². The van der Waals surface area contributed by atoms with Crippen LogP contribution in [0.3, 0.4) is 0 Å². The molecule has 1 atom stereocenters. The zero-order chi connectivity index (χ0) is 21.7. The van der Waals surface area contributed by atoms with E-state index in [1.54, 1.807) is 11.8 Å². The molecule has 2 aliphatic rings. The maximum Gasteiger partial charge on any atom is 0.344 e. The van der Waals surface area contributed by atoms with E-state index in [0.717, 1.165) is 17.0 Å².